The fourth-order valence-corrected chi connectivity index (χ4v) is 1.95. The third kappa shape index (κ3) is 2.06. The zero-order valence-corrected chi connectivity index (χ0v) is 9.26. The summed E-state index contributed by atoms with van der Waals surface area (Å²) in [5.41, 5.74) is 1.01. The van der Waals surface area contributed by atoms with Crippen molar-refractivity contribution in [1.29, 1.82) is 0 Å². The van der Waals surface area contributed by atoms with E-state index in [4.69, 9.17) is 0 Å². The second kappa shape index (κ2) is 4.45. The van der Waals surface area contributed by atoms with Gasteiger partial charge in [-0.25, -0.2) is 0 Å². The first-order valence-electron chi connectivity index (χ1n) is 5.32. The number of aromatic nitrogens is 1. The molecule has 0 bridgehead atoms. The SMILES string of the molecule is CCCC(C)(CC)c1ccc[nH]c1=O. The van der Waals surface area contributed by atoms with Gasteiger partial charge in [0.1, 0.15) is 0 Å². The molecule has 1 unspecified atom stereocenters. The summed E-state index contributed by atoms with van der Waals surface area (Å²) in [7, 11) is 0. The standard InChI is InChI=1S/C12H19NO/c1-4-8-12(3,5-2)10-7-6-9-13-11(10)14/h6-7,9H,4-5,8H2,1-3H3,(H,13,14). The fraction of sp³-hybridized carbons (Fsp3) is 0.583. The Kier molecular flexibility index (Phi) is 3.50. The summed E-state index contributed by atoms with van der Waals surface area (Å²) in [5, 5.41) is 0. The van der Waals surface area contributed by atoms with Crippen LogP contribution < -0.4 is 5.56 Å². The van der Waals surface area contributed by atoms with Crippen LogP contribution in [-0.2, 0) is 5.41 Å². The first-order valence-corrected chi connectivity index (χ1v) is 5.32. The summed E-state index contributed by atoms with van der Waals surface area (Å²) < 4.78 is 0. The Balaban J connectivity index is 3.12. The molecule has 0 saturated carbocycles. The molecular formula is C12H19NO. The zero-order valence-electron chi connectivity index (χ0n) is 9.26. The normalized spacial score (nSPS) is 15.1. The molecule has 78 valence electrons. The fourth-order valence-electron chi connectivity index (χ4n) is 1.95. The minimum absolute atomic E-state index is 0.0313. The predicted octanol–water partition coefficient (Wildman–Crippen LogP) is 2.84. The maximum atomic E-state index is 11.6. The number of H-pyrrole nitrogens is 1. The van der Waals surface area contributed by atoms with Gasteiger partial charge in [0, 0.05) is 11.8 Å². The molecule has 1 N–H and O–H groups in total. The number of pyridine rings is 1. The maximum absolute atomic E-state index is 11.6. The van der Waals surface area contributed by atoms with Crippen LogP contribution in [0.2, 0.25) is 0 Å². The van der Waals surface area contributed by atoms with Crippen LogP contribution in [0.25, 0.3) is 0 Å². The monoisotopic (exact) mass is 193 g/mol. The molecule has 1 heterocycles. The Morgan fingerprint density at radius 2 is 2.14 bits per heavy atom. The Hall–Kier alpha value is -1.05. The molecule has 0 aliphatic carbocycles. The topological polar surface area (TPSA) is 32.9 Å². The van der Waals surface area contributed by atoms with Gasteiger partial charge in [0.15, 0.2) is 0 Å². The van der Waals surface area contributed by atoms with Crippen molar-refractivity contribution in [3.05, 3.63) is 34.2 Å². The highest BCUT2D eigenvalue weighted by atomic mass is 16.1. The van der Waals surface area contributed by atoms with Gasteiger partial charge in [0.05, 0.1) is 0 Å². The number of rotatable bonds is 4. The van der Waals surface area contributed by atoms with Gasteiger partial charge in [0.25, 0.3) is 5.56 Å². The summed E-state index contributed by atoms with van der Waals surface area (Å²) >= 11 is 0. The van der Waals surface area contributed by atoms with Gasteiger partial charge in [-0.3, -0.25) is 4.79 Å². The van der Waals surface area contributed by atoms with Crippen LogP contribution in [0, 0.1) is 0 Å². The molecule has 2 heteroatoms. The van der Waals surface area contributed by atoms with E-state index in [9.17, 15) is 4.79 Å². The average molecular weight is 193 g/mol. The van der Waals surface area contributed by atoms with Crippen LogP contribution in [-0.4, -0.2) is 4.98 Å². The second-order valence-corrected chi connectivity index (χ2v) is 4.08. The van der Waals surface area contributed by atoms with E-state index in [2.05, 4.69) is 25.8 Å². The highest BCUT2D eigenvalue weighted by molar-refractivity contribution is 5.20. The van der Waals surface area contributed by atoms with Gasteiger partial charge in [-0.15, -0.1) is 0 Å². The van der Waals surface area contributed by atoms with Crippen LogP contribution in [0.1, 0.15) is 45.6 Å². The lowest BCUT2D eigenvalue weighted by Gasteiger charge is -2.27. The second-order valence-electron chi connectivity index (χ2n) is 4.08. The number of hydrogen-bond acceptors (Lipinski definition) is 1. The lowest BCUT2D eigenvalue weighted by atomic mass is 9.77. The first-order chi connectivity index (χ1) is 6.64. The third-order valence-electron chi connectivity index (χ3n) is 3.05. The van der Waals surface area contributed by atoms with Crippen molar-refractivity contribution in [1.82, 2.24) is 4.98 Å². The number of aromatic amines is 1. The van der Waals surface area contributed by atoms with Crippen molar-refractivity contribution in [3.63, 3.8) is 0 Å². The first kappa shape index (κ1) is 11.0. The molecule has 0 saturated heterocycles. The average Bonchev–Trinajstić information content (AvgIpc) is 2.18. The third-order valence-corrected chi connectivity index (χ3v) is 3.05. The largest absolute Gasteiger partial charge is 0.329 e. The molecule has 1 aromatic rings. The van der Waals surface area contributed by atoms with Gasteiger partial charge in [-0.1, -0.05) is 33.3 Å². The molecule has 0 fully saturated rings. The van der Waals surface area contributed by atoms with E-state index in [1.54, 1.807) is 6.20 Å². The van der Waals surface area contributed by atoms with Crippen molar-refractivity contribution >= 4 is 0 Å². The summed E-state index contributed by atoms with van der Waals surface area (Å²) in [5.74, 6) is 0. The van der Waals surface area contributed by atoms with E-state index in [1.165, 1.54) is 0 Å². The van der Waals surface area contributed by atoms with Crippen molar-refractivity contribution in [2.45, 2.75) is 45.4 Å². The minimum Gasteiger partial charge on any atom is -0.329 e. The van der Waals surface area contributed by atoms with E-state index < -0.39 is 0 Å². The smallest absolute Gasteiger partial charge is 0.251 e. The Labute approximate surface area is 85.4 Å². The molecule has 0 aliphatic rings. The molecule has 1 aromatic heterocycles. The van der Waals surface area contributed by atoms with Gasteiger partial charge in [-0.2, -0.15) is 0 Å². The molecule has 0 radical (unpaired) electrons. The summed E-state index contributed by atoms with van der Waals surface area (Å²) in [6.45, 7) is 6.47. The van der Waals surface area contributed by atoms with E-state index >= 15 is 0 Å². The maximum Gasteiger partial charge on any atom is 0.251 e. The van der Waals surface area contributed by atoms with E-state index in [0.29, 0.717) is 0 Å². The molecule has 0 amide bonds. The molecule has 14 heavy (non-hydrogen) atoms. The van der Waals surface area contributed by atoms with Gasteiger partial charge in [-0.05, 0) is 24.3 Å². The number of hydrogen-bond donors (Lipinski definition) is 1. The van der Waals surface area contributed by atoms with Crippen LogP contribution in [0.3, 0.4) is 0 Å². The van der Waals surface area contributed by atoms with E-state index in [0.717, 1.165) is 24.8 Å². The van der Waals surface area contributed by atoms with Crippen molar-refractivity contribution < 1.29 is 0 Å². The lowest BCUT2D eigenvalue weighted by Crippen LogP contribution is -2.29. The molecule has 1 atom stereocenters. The molecule has 1 rings (SSSR count). The highest BCUT2D eigenvalue weighted by Gasteiger charge is 2.25. The Bertz CT molecular complexity index is 342. The Morgan fingerprint density at radius 3 is 2.64 bits per heavy atom. The van der Waals surface area contributed by atoms with Crippen molar-refractivity contribution in [2.24, 2.45) is 0 Å². The van der Waals surface area contributed by atoms with Gasteiger partial charge >= 0.3 is 0 Å². The molecule has 0 spiro atoms. The quantitative estimate of drug-likeness (QED) is 0.783. The Morgan fingerprint density at radius 1 is 1.43 bits per heavy atom. The molecule has 2 nitrogen and oxygen atoms in total. The summed E-state index contributed by atoms with van der Waals surface area (Å²) in [6, 6.07) is 3.85. The molecule has 0 aliphatic heterocycles. The van der Waals surface area contributed by atoms with Crippen LogP contribution in [0.4, 0.5) is 0 Å². The summed E-state index contributed by atoms with van der Waals surface area (Å²) in [6.07, 6.45) is 4.87. The van der Waals surface area contributed by atoms with Crippen LogP contribution in [0.15, 0.2) is 23.1 Å². The van der Waals surface area contributed by atoms with E-state index in [-0.39, 0.29) is 11.0 Å². The zero-order chi connectivity index (χ0) is 10.6. The van der Waals surface area contributed by atoms with Gasteiger partial charge in [0.2, 0.25) is 0 Å². The van der Waals surface area contributed by atoms with Gasteiger partial charge < -0.3 is 4.98 Å². The summed E-state index contributed by atoms with van der Waals surface area (Å²) in [4.78, 5) is 14.4. The molecular weight excluding hydrogens is 174 g/mol. The minimum atomic E-state index is 0.0313. The lowest BCUT2D eigenvalue weighted by molar-refractivity contribution is 0.409. The highest BCUT2D eigenvalue weighted by Crippen LogP contribution is 2.29. The van der Waals surface area contributed by atoms with E-state index in [1.807, 2.05) is 12.1 Å². The van der Waals surface area contributed by atoms with Crippen molar-refractivity contribution in [3.8, 4) is 0 Å². The predicted molar refractivity (Wildman–Crippen MR) is 59.6 cm³/mol. The van der Waals surface area contributed by atoms with Crippen LogP contribution >= 0.6 is 0 Å². The van der Waals surface area contributed by atoms with Crippen molar-refractivity contribution in [2.75, 3.05) is 0 Å². The van der Waals surface area contributed by atoms with Crippen LogP contribution in [0.5, 0.6) is 0 Å². The molecule has 0 aromatic carbocycles. The number of nitrogens with one attached hydrogen (secondary N) is 1.